The Morgan fingerprint density at radius 3 is 2.85 bits per heavy atom. The number of aliphatic hydroxyl groups is 1. The Hall–Kier alpha value is -2.24. The van der Waals surface area contributed by atoms with Gasteiger partial charge in [0.2, 0.25) is 0 Å². The van der Waals surface area contributed by atoms with E-state index in [0.717, 1.165) is 29.8 Å². The SMILES string of the molecule is OC1CCCN(c2cc(Cl)ncc2C#Cc2cnn(CC(F)(F)F)c2)C1. The largest absolute Gasteiger partial charge is 0.408 e. The molecule has 0 aromatic carbocycles. The van der Waals surface area contributed by atoms with Crippen molar-refractivity contribution < 1.29 is 18.3 Å². The van der Waals surface area contributed by atoms with Crippen molar-refractivity contribution in [2.75, 3.05) is 18.0 Å². The van der Waals surface area contributed by atoms with Gasteiger partial charge in [-0.05, 0) is 12.8 Å². The highest BCUT2D eigenvalue weighted by Gasteiger charge is 2.28. The summed E-state index contributed by atoms with van der Waals surface area (Å²) in [5, 5.41) is 13.8. The normalized spacial score (nSPS) is 17.7. The highest BCUT2D eigenvalue weighted by molar-refractivity contribution is 6.29. The lowest BCUT2D eigenvalue weighted by Gasteiger charge is -2.32. The number of hydrogen-bond donors (Lipinski definition) is 1. The first-order valence-electron chi connectivity index (χ1n) is 8.00. The highest BCUT2D eigenvalue weighted by Crippen LogP contribution is 2.26. The molecule has 0 bridgehead atoms. The maximum absolute atomic E-state index is 12.4. The molecular formula is C17H16ClF3N4O. The van der Waals surface area contributed by atoms with E-state index >= 15 is 0 Å². The number of aliphatic hydroxyl groups excluding tert-OH is 1. The summed E-state index contributed by atoms with van der Waals surface area (Å²) in [6.07, 6.45) is 0.885. The molecule has 1 unspecified atom stereocenters. The summed E-state index contributed by atoms with van der Waals surface area (Å²) in [5.74, 6) is 5.72. The summed E-state index contributed by atoms with van der Waals surface area (Å²) in [4.78, 5) is 6.01. The monoisotopic (exact) mass is 384 g/mol. The van der Waals surface area contributed by atoms with E-state index in [1.807, 2.05) is 4.90 Å². The highest BCUT2D eigenvalue weighted by atomic mass is 35.5. The average molecular weight is 385 g/mol. The van der Waals surface area contributed by atoms with Gasteiger partial charge in [0, 0.05) is 31.5 Å². The van der Waals surface area contributed by atoms with E-state index in [0.29, 0.717) is 22.8 Å². The number of β-amino-alcohol motifs (C(OH)–C–C–N with tert-alkyl or cyclic N) is 1. The second-order valence-electron chi connectivity index (χ2n) is 6.06. The molecule has 3 heterocycles. The van der Waals surface area contributed by atoms with E-state index < -0.39 is 18.8 Å². The zero-order valence-corrected chi connectivity index (χ0v) is 14.4. The third-order valence-electron chi connectivity index (χ3n) is 3.90. The van der Waals surface area contributed by atoms with Crippen molar-refractivity contribution in [3.05, 3.63) is 40.9 Å². The number of anilines is 1. The third-order valence-corrected chi connectivity index (χ3v) is 4.11. The van der Waals surface area contributed by atoms with Gasteiger partial charge in [-0.25, -0.2) is 4.98 Å². The molecular weight excluding hydrogens is 369 g/mol. The number of aromatic nitrogens is 3. The van der Waals surface area contributed by atoms with Crippen molar-refractivity contribution in [1.29, 1.82) is 0 Å². The van der Waals surface area contributed by atoms with Gasteiger partial charge in [-0.2, -0.15) is 18.3 Å². The Balaban J connectivity index is 1.84. The van der Waals surface area contributed by atoms with Gasteiger partial charge in [0.25, 0.3) is 0 Å². The number of piperidine rings is 1. The minimum absolute atomic E-state index is 0.309. The molecule has 0 spiro atoms. The molecule has 1 saturated heterocycles. The van der Waals surface area contributed by atoms with Crippen molar-refractivity contribution >= 4 is 17.3 Å². The molecule has 5 nitrogen and oxygen atoms in total. The van der Waals surface area contributed by atoms with Crippen LogP contribution >= 0.6 is 11.6 Å². The average Bonchev–Trinajstić information content (AvgIpc) is 2.99. The van der Waals surface area contributed by atoms with Crippen LogP contribution in [-0.2, 0) is 6.54 Å². The minimum atomic E-state index is -4.33. The molecule has 0 saturated carbocycles. The molecule has 1 aliphatic rings. The zero-order valence-electron chi connectivity index (χ0n) is 13.7. The summed E-state index contributed by atoms with van der Waals surface area (Å²) in [5.41, 5.74) is 1.71. The fourth-order valence-corrected chi connectivity index (χ4v) is 2.94. The van der Waals surface area contributed by atoms with Gasteiger partial charge in [-0.3, -0.25) is 4.68 Å². The maximum atomic E-state index is 12.4. The van der Waals surface area contributed by atoms with Crippen LogP contribution in [0.1, 0.15) is 24.0 Å². The van der Waals surface area contributed by atoms with E-state index in [1.165, 1.54) is 18.6 Å². The number of halogens is 4. The molecule has 1 atom stereocenters. The van der Waals surface area contributed by atoms with Gasteiger partial charge in [0.05, 0.1) is 29.1 Å². The van der Waals surface area contributed by atoms with Crippen molar-refractivity contribution in [2.24, 2.45) is 0 Å². The molecule has 1 N–H and O–H groups in total. The van der Waals surface area contributed by atoms with Gasteiger partial charge in [-0.1, -0.05) is 23.4 Å². The van der Waals surface area contributed by atoms with Crippen molar-refractivity contribution in [2.45, 2.75) is 31.7 Å². The fourth-order valence-electron chi connectivity index (χ4n) is 2.79. The van der Waals surface area contributed by atoms with Crippen molar-refractivity contribution in [3.63, 3.8) is 0 Å². The molecule has 3 rings (SSSR count). The number of pyridine rings is 1. The van der Waals surface area contributed by atoms with Crippen LogP contribution in [0.2, 0.25) is 5.15 Å². The smallest absolute Gasteiger partial charge is 0.391 e. The number of alkyl halides is 3. The first-order chi connectivity index (χ1) is 12.3. The van der Waals surface area contributed by atoms with Crippen LogP contribution in [0.5, 0.6) is 0 Å². The molecule has 0 radical (unpaired) electrons. The quantitative estimate of drug-likeness (QED) is 0.639. The van der Waals surface area contributed by atoms with Gasteiger partial charge in [0.15, 0.2) is 0 Å². The molecule has 138 valence electrons. The minimum Gasteiger partial charge on any atom is -0.391 e. The van der Waals surface area contributed by atoms with E-state index in [-0.39, 0.29) is 0 Å². The van der Waals surface area contributed by atoms with Crippen molar-refractivity contribution in [1.82, 2.24) is 14.8 Å². The van der Waals surface area contributed by atoms with E-state index in [4.69, 9.17) is 11.6 Å². The molecule has 0 aliphatic carbocycles. The van der Waals surface area contributed by atoms with Crippen LogP contribution in [0, 0.1) is 11.8 Å². The standard InChI is InChI=1S/C17H16ClF3N4O/c18-16-6-15(24-5-1-2-14(26)10-24)13(8-22-16)4-3-12-7-23-25(9-12)11-17(19,20)21/h6-9,14,26H,1-2,5,10-11H2. The van der Waals surface area contributed by atoms with Crippen LogP contribution in [-0.4, -0.2) is 45.2 Å². The second-order valence-corrected chi connectivity index (χ2v) is 6.45. The summed E-state index contributed by atoms with van der Waals surface area (Å²) in [6, 6.07) is 1.68. The van der Waals surface area contributed by atoms with Gasteiger partial charge in [0.1, 0.15) is 11.7 Å². The van der Waals surface area contributed by atoms with Crippen molar-refractivity contribution in [3.8, 4) is 11.8 Å². The van der Waals surface area contributed by atoms with Gasteiger partial charge < -0.3 is 10.0 Å². The van der Waals surface area contributed by atoms with Crippen LogP contribution in [0.4, 0.5) is 18.9 Å². The summed E-state index contributed by atoms with van der Waals surface area (Å²) in [7, 11) is 0. The molecule has 2 aromatic heterocycles. The van der Waals surface area contributed by atoms with E-state index in [2.05, 4.69) is 21.9 Å². The predicted molar refractivity (Wildman–Crippen MR) is 91.0 cm³/mol. The second kappa shape index (κ2) is 7.56. The van der Waals surface area contributed by atoms with E-state index in [9.17, 15) is 18.3 Å². The topological polar surface area (TPSA) is 54.2 Å². The van der Waals surface area contributed by atoms with Crippen LogP contribution < -0.4 is 4.90 Å². The summed E-state index contributed by atoms with van der Waals surface area (Å²) in [6.45, 7) is 0.0717. The molecule has 1 aliphatic heterocycles. The lowest BCUT2D eigenvalue weighted by atomic mass is 10.1. The number of hydrogen-bond acceptors (Lipinski definition) is 4. The Kier molecular flexibility index (Phi) is 5.39. The summed E-state index contributed by atoms with van der Waals surface area (Å²) >= 11 is 5.99. The Morgan fingerprint density at radius 2 is 2.12 bits per heavy atom. The molecule has 26 heavy (non-hydrogen) atoms. The third kappa shape index (κ3) is 4.90. The number of rotatable bonds is 2. The van der Waals surface area contributed by atoms with Gasteiger partial charge in [-0.15, -0.1) is 0 Å². The predicted octanol–water partition coefficient (Wildman–Crippen LogP) is 2.85. The molecule has 1 fully saturated rings. The lowest BCUT2D eigenvalue weighted by molar-refractivity contribution is -0.142. The first kappa shape index (κ1) is 18.5. The fraction of sp³-hybridized carbons (Fsp3) is 0.412. The Bertz CT molecular complexity index is 841. The Labute approximate surface area is 153 Å². The van der Waals surface area contributed by atoms with Crippen LogP contribution in [0.15, 0.2) is 24.7 Å². The van der Waals surface area contributed by atoms with E-state index in [1.54, 1.807) is 6.07 Å². The zero-order chi connectivity index (χ0) is 18.7. The Morgan fingerprint density at radius 1 is 1.31 bits per heavy atom. The van der Waals surface area contributed by atoms with Crippen LogP contribution in [0.3, 0.4) is 0 Å². The number of nitrogens with zero attached hydrogens (tertiary/aromatic N) is 4. The maximum Gasteiger partial charge on any atom is 0.408 e. The lowest BCUT2D eigenvalue weighted by Crippen LogP contribution is -2.38. The molecule has 2 aromatic rings. The molecule has 0 amide bonds. The summed E-state index contributed by atoms with van der Waals surface area (Å²) < 4.78 is 38.0. The first-order valence-corrected chi connectivity index (χ1v) is 8.38. The molecule has 9 heteroatoms. The van der Waals surface area contributed by atoms with Gasteiger partial charge >= 0.3 is 6.18 Å². The van der Waals surface area contributed by atoms with Crippen LogP contribution in [0.25, 0.3) is 0 Å².